The van der Waals surface area contributed by atoms with Gasteiger partial charge in [0.1, 0.15) is 29.1 Å². The van der Waals surface area contributed by atoms with Crippen molar-refractivity contribution in [2.45, 2.75) is 12.1 Å². The lowest BCUT2D eigenvalue weighted by molar-refractivity contribution is 0.392. The number of anilines is 1. The Hall–Kier alpha value is -3.26. The molecule has 1 aliphatic rings. The molecule has 0 amide bonds. The highest BCUT2D eigenvalue weighted by Gasteiger charge is 2.43. The number of hydrogen-bond acceptors (Lipinski definition) is 5. The van der Waals surface area contributed by atoms with Crippen LogP contribution in [-0.2, 0) is 0 Å². The van der Waals surface area contributed by atoms with Crippen LogP contribution >= 0.6 is 35.4 Å². The highest BCUT2D eigenvalue weighted by molar-refractivity contribution is 7.80. The van der Waals surface area contributed by atoms with E-state index in [0.29, 0.717) is 43.7 Å². The van der Waals surface area contributed by atoms with Crippen molar-refractivity contribution in [1.29, 1.82) is 0 Å². The molecule has 0 spiro atoms. The van der Waals surface area contributed by atoms with E-state index >= 15 is 0 Å². The minimum absolute atomic E-state index is 0.274. The molecule has 0 bridgehead atoms. The van der Waals surface area contributed by atoms with Crippen LogP contribution in [-0.4, -0.2) is 24.3 Å². The molecule has 1 aliphatic heterocycles. The zero-order chi connectivity index (χ0) is 24.5. The third-order valence-corrected chi connectivity index (χ3v) is 7.01. The van der Waals surface area contributed by atoms with Gasteiger partial charge >= 0.3 is 0 Å². The van der Waals surface area contributed by atoms with Crippen LogP contribution in [0.4, 0.5) is 5.69 Å². The second-order valence-corrected chi connectivity index (χ2v) is 9.01. The van der Waals surface area contributed by atoms with Crippen LogP contribution in [0.2, 0.25) is 10.0 Å². The Morgan fingerprint density at radius 2 is 1.86 bits per heavy atom. The van der Waals surface area contributed by atoms with Crippen LogP contribution < -0.4 is 19.7 Å². The first-order valence-corrected chi connectivity index (χ1v) is 11.9. The van der Waals surface area contributed by atoms with Crippen LogP contribution in [0.25, 0.3) is 11.3 Å². The summed E-state index contributed by atoms with van der Waals surface area (Å²) in [6, 6.07) is 20.0. The Morgan fingerprint density at radius 3 is 2.60 bits per heavy atom. The average molecular weight is 526 g/mol. The smallest absolute Gasteiger partial charge is 0.174 e. The summed E-state index contributed by atoms with van der Waals surface area (Å²) >= 11 is 18.5. The number of thiocarbonyl (C=S) groups is 1. The molecule has 0 aliphatic carbocycles. The number of furan rings is 1. The van der Waals surface area contributed by atoms with Crippen molar-refractivity contribution in [3.05, 3.63) is 94.4 Å². The van der Waals surface area contributed by atoms with Crippen molar-refractivity contribution in [1.82, 2.24) is 10.3 Å². The van der Waals surface area contributed by atoms with Gasteiger partial charge in [-0.25, -0.2) is 0 Å². The number of aromatic nitrogens is 1. The molecule has 5 rings (SSSR count). The molecule has 1 saturated heterocycles. The van der Waals surface area contributed by atoms with E-state index in [1.165, 1.54) is 0 Å². The molecule has 3 heterocycles. The predicted octanol–water partition coefficient (Wildman–Crippen LogP) is 6.84. The summed E-state index contributed by atoms with van der Waals surface area (Å²) in [5.41, 5.74) is 2.31. The van der Waals surface area contributed by atoms with Gasteiger partial charge < -0.3 is 24.1 Å². The molecule has 35 heavy (non-hydrogen) atoms. The van der Waals surface area contributed by atoms with Crippen molar-refractivity contribution >= 4 is 46.2 Å². The second kappa shape index (κ2) is 9.77. The molecule has 0 unspecified atom stereocenters. The summed E-state index contributed by atoms with van der Waals surface area (Å²) in [7, 11) is 3.23. The van der Waals surface area contributed by atoms with E-state index in [1.807, 2.05) is 65.6 Å². The number of pyridine rings is 1. The molecule has 178 valence electrons. The third-order valence-electron chi connectivity index (χ3n) is 5.88. The molecule has 0 radical (unpaired) electrons. The van der Waals surface area contributed by atoms with Gasteiger partial charge in [-0.3, -0.25) is 4.98 Å². The molecule has 0 saturated carbocycles. The number of nitrogens with zero attached hydrogens (tertiary/aromatic N) is 2. The summed E-state index contributed by atoms with van der Waals surface area (Å²) < 4.78 is 17.4. The van der Waals surface area contributed by atoms with E-state index < -0.39 is 0 Å². The van der Waals surface area contributed by atoms with Gasteiger partial charge in [0.15, 0.2) is 5.11 Å². The normalized spacial score (nSPS) is 17.4. The Bertz CT molecular complexity index is 1380. The average Bonchev–Trinajstić information content (AvgIpc) is 3.50. The first-order chi connectivity index (χ1) is 17.0. The zero-order valence-electron chi connectivity index (χ0n) is 18.9. The van der Waals surface area contributed by atoms with Gasteiger partial charge in [0.2, 0.25) is 0 Å². The van der Waals surface area contributed by atoms with Gasteiger partial charge in [0.25, 0.3) is 0 Å². The number of ether oxygens (including phenoxy) is 2. The topological polar surface area (TPSA) is 59.8 Å². The summed E-state index contributed by atoms with van der Waals surface area (Å²) in [6.45, 7) is 0. The van der Waals surface area contributed by atoms with Gasteiger partial charge in [-0.05, 0) is 60.7 Å². The molecule has 2 aromatic heterocycles. The lowest BCUT2D eigenvalue weighted by atomic mass is 10.0. The summed E-state index contributed by atoms with van der Waals surface area (Å²) in [6.07, 6.45) is 1.76. The predicted molar refractivity (Wildman–Crippen MR) is 142 cm³/mol. The van der Waals surface area contributed by atoms with Crippen molar-refractivity contribution in [2.24, 2.45) is 0 Å². The fourth-order valence-corrected chi connectivity index (χ4v) is 4.97. The van der Waals surface area contributed by atoms with Crippen LogP contribution in [0.15, 0.2) is 77.3 Å². The fraction of sp³-hybridized carbons (Fsp3) is 0.154. The van der Waals surface area contributed by atoms with Crippen LogP contribution in [0, 0.1) is 0 Å². The number of halogens is 2. The van der Waals surface area contributed by atoms with E-state index in [2.05, 4.69) is 10.3 Å². The lowest BCUT2D eigenvalue weighted by Gasteiger charge is -2.27. The number of benzene rings is 2. The third kappa shape index (κ3) is 4.31. The van der Waals surface area contributed by atoms with Gasteiger partial charge in [0.05, 0.1) is 41.7 Å². The molecule has 9 heteroatoms. The molecule has 6 nitrogen and oxygen atoms in total. The van der Waals surface area contributed by atoms with Crippen molar-refractivity contribution in [2.75, 3.05) is 19.1 Å². The molecular formula is C26H21Cl2N3O3S. The van der Waals surface area contributed by atoms with E-state index in [0.717, 1.165) is 11.4 Å². The monoisotopic (exact) mass is 525 g/mol. The largest absolute Gasteiger partial charge is 0.497 e. The van der Waals surface area contributed by atoms with Crippen molar-refractivity contribution in [3.8, 4) is 22.8 Å². The lowest BCUT2D eigenvalue weighted by Crippen LogP contribution is -2.29. The highest BCUT2D eigenvalue weighted by atomic mass is 35.5. The summed E-state index contributed by atoms with van der Waals surface area (Å²) in [5.74, 6) is 2.57. The number of hydrogen-bond donors (Lipinski definition) is 1. The SMILES string of the molecule is COc1ccc(N2C(=S)N[C@@H](c3ccccn3)[C@H]2c2ccc(-c3cccc(Cl)c3Cl)o2)c(OC)c1. The summed E-state index contributed by atoms with van der Waals surface area (Å²) in [5, 5.41) is 4.83. The highest BCUT2D eigenvalue weighted by Crippen LogP contribution is 2.46. The van der Waals surface area contributed by atoms with Gasteiger partial charge in [-0.15, -0.1) is 0 Å². The minimum Gasteiger partial charge on any atom is -0.497 e. The molecule has 1 N–H and O–H groups in total. The Morgan fingerprint density at radius 1 is 1.00 bits per heavy atom. The maximum atomic E-state index is 6.46. The number of rotatable bonds is 6. The molecule has 1 fully saturated rings. The van der Waals surface area contributed by atoms with Crippen LogP contribution in [0.5, 0.6) is 11.5 Å². The zero-order valence-corrected chi connectivity index (χ0v) is 21.2. The van der Waals surface area contributed by atoms with Gasteiger partial charge in [-0.2, -0.15) is 0 Å². The van der Waals surface area contributed by atoms with Crippen LogP contribution in [0.3, 0.4) is 0 Å². The Kier molecular flexibility index (Phi) is 6.56. The first kappa shape index (κ1) is 23.5. The second-order valence-electron chi connectivity index (χ2n) is 7.84. The Labute approximate surface area is 218 Å². The molecular weight excluding hydrogens is 505 g/mol. The first-order valence-electron chi connectivity index (χ1n) is 10.8. The van der Waals surface area contributed by atoms with Crippen molar-refractivity contribution in [3.63, 3.8) is 0 Å². The minimum atomic E-state index is -0.355. The van der Waals surface area contributed by atoms with E-state index in [-0.39, 0.29) is 12.1 Å². The summed E-state index contributed by atoms with van der Waals surface area (Å²) in [4.78, 5) is 6.56. The molecule has 2 aromatic carbocycles. The molecule has 2 atom stereocenters. The van der Waals surface area contributed by atoms with Crippen LogP contribution in [0.1, 0.15) is 23.5 Å². The van der Waals surface area contributed by atoms with Gasteiger partial charge in [-0.1, -0.05) is 35.3 Å². The fourth-order valence-electron chi connectivity index (χ4n) is 4.24. The standard InChI is InChI=1S/C26H21Cl2N3O3S/c1-32-15-9-10-19(22(14-15)33-2)31-25(24(30-26(31)35)18-8-3-4-13-29-18)21-12-11-20(34-21)16-6-5-7-17(27)23(16)28/h3-14,24-25H,1-2H3,(H,30,35)/t24-,25+/m0/s1. The Balaban J connectivity index is 1.64. The maximum Gasteiger partial charge on any atom is 0.174 e. The number of nitrogens with one attached hydrogen (secondary N) is 1. The van der Waals surface area contributed by atoms with E-state index in [1.54, 1.807) is 26.5 Å². The van der Waals surface area contributed by atoms with E-state index in [4.69, 9.17) is 49.3 Å². The maximum absolute atomic E-state index is 6.46. The molecule has 4 aromatic rings. The van der Waals surface area contributed by atoms with E-state index in [9.17, 15) is 0 Å². The number of methoxy groups -OCH3 is 2. The quantitative estimate of drug-likeness (QED) is 0.276. The van der Waals surface area contributed by atoms with Gasteiger partial charge in [0, 0.05) is 17.8 Å². The van der Waals surface area contributed by atoms with Crippen molar-refractivity contribution < 1.29 is 13.9 Å².